The fourth-order valence-corrected chi connectivity index (χ4v) is 2.61. The summed E-state index contributed by atoms with van der Waals surface area (Å²) in [5, 5.41) is 21.7. The van der Waals surface area contributed by atoms with Crippen molar-refractivity contribution in [2.45, 2.75) is 24.9 Å². The summed E-state index contributed by atoms with van der Waals surface area (Å²) < 4.78 is 6.86. The Hall–Kier alpha value is -2.81. The van der Waals surface area contributed by atoms with Gasteiger partial charge in [-0.2, -0.15) is 4.98 Å². The number of amides is 1. The lowest BCUT2D eigenvalue weighted by Crippen LogP contribution is -2.35. The standard InChI is InChI=1S/C18H19N3O5/c22-11-14-13(23)7-4-8-16(26-14)21-10-9-15(20-18(21)25)19-17(24)12-5-2-1-3-6-12/h1-7,9-10,13-14,16,22-23H,8,11H2,(H,19,20,24,25)/t13-,14+,16-/m0/s1. The number of carbonyl (C=O) groups is 1. The Morgan fingerprint density at radius 1 is 1.31 bits per heavy atom. The summed E-state index contributed by atoms with van der Waals surface area (Å²) >= 11 is 0. The van der Waals surface area contributed by atoms with E-state index < -0.39 is 24.1 Å². The summed E-state index contributed by atoms with van der Waals surface area (Å²) in [6.07, 6.45) is 2.52. The number of aliphatic hydroxyl groups excluding tert-OH is 2. The van der Waals surface area contributed by atoms with Crippen molar-refractivity contribution in [1.82, 2.24) is 9.55 Å². The van der Waals surface area contributed by atoms with Gasteiger partial charge in [-0.15, -0.1) is 0 Å². The van der Waals surface area contributed by atoms with Crippen molar-refractivity contribution in [3.05, 3.63) is 70.8 Å². The van der Waals surface area contributed by atoms with E-state index in [0.29, 0.717) is 12.0 Å². The Morgan fingerprint density at radius 3 is 2.77 bits per heavy atom. The van der Waals surface area contributed by atoms with Crippen LogP contribution in [0, 0.1) is 0 Å². The van der Waals surface area contributed by atoms with E-state index in [2.05, 4.69) is 10.3 Å². The number of nitrogens with one attached hydrogen (secondary N) is 1. The molecule has 3 atom stereocenters. The lowest BCUT2D eigenvalue weighted by Gasteiger charge is -2.24. The van der Waals surface area contributed by atoms with Crippen LogP contribution < -0.4 is 11.0 Å². The molecule has 136 valence electrons. The molecule has 3 rings (SSSR count). The molecule has 0 spiro atoms. The zero-order valence-corrected chi connectivity index (χ0v) is 13.9. The van der Waals surface area contributed by atoms with Gasteiger partial charge in [0.2, 0.25) is 0 Å². The Balaban J connectivity index is 1.76. The third kappa shape index (κ3) is 4.05. The molecule has 0 bridgehead atoms. The molecule has 2 heterocycles. The van der Waals surface area contributed by atoms with Gasteiger partial charge < -0.3 is 20.3 Å². The van der Waals surface area contributed by atoms with Gasteiger partial charge in [-0.25, -0.2) is 4.79 Å². The molecule has 1 aliphatic rings. The molecule has 0 radical (unpaired) electrons. The van der Waals surface area contributed by atoms with E-state index in [1.807, 2.05) is 0 Å². The van der Waals surface area contributed by atoms with E-state index in [1.54, 1.807) is 36.4 Å². The number of hydrogen-bond acceptors (Lipinski definition) is 6. The highest BCUT2D eigenvalue weighted by molar-refractivity contribution is 6.03. The summed E-state index contributed by atoms with van der Waals surface area (Å²) in [5.41, 5.74) is -0.155. The number of nitrogens with zero attached hydrogens (tertiary/aromatic N) is 2. The summed E-state index contributed by atoms with van der Waals surface area (Å²) in [5.74, 6) is -0.240. The average molecular weight is 357 g/mol. The van der Waals surface area contributed by atoms with Crippen LogP contribution in [-0.2, 0) is 4.74 Å². The zero-order chi connectivity index (χ0) is 18.5. The van der Waals surface area contributed by atoms with Gasteiger partial charge in [0.05, 0.1) is 6.61 Å². The van der Waals surface area contributed by atoms with Gasteiger partial charge in [0.15, 0.2) is 0 Å². The van der Waals surface area contributed by atoms with Gasteiger partial charge in [-0.3, -0.25) is 9.36 Å². The Kier molecular flexibility index (Phi) is 5.57. The van der Waals surface area contributed by atoms with Gasteiger partial charge in [0, 0.05) is 18.2 Å². The van der Waals surface area contributed by atoms with Crippen molar-refractivity contribution in [2.75, 3.05) is 11.9 Å². The van der Waals surface area contributed by atoms with Gasteiger partial charge in [-0.05, 0) is 18.2 Å². The molecule has 0 aliphatic carbocycles. The van der Waals surface area contributed by atoms with E-state index >= 15 is 0 Å². The molecule has 26 heavy (non-hydrogen) atoms. The molecule has 0 unspecified atom stereocenters. The smallest absolute Gasteiger partial charge is 0.351 e. The number of rotatable bonds is 4. The predicted octanol–water partition coefficient (Wildman–Crippen LogP) is 0.692. The fourth-order valence-electron chi connectivity index (χ4n) is 2.61. The normalized spacial score (nSPS) is 22.6. The molecule has 0 saturated heterocycles. The molecule has 0 fully saturated rings. The van der Waals surface area contributed by atoms with Gasteiger partial charge in [0.1, 0.15) is 24.3 Å². The molecule has 2 aromatic rings. The average Bonchev–Trinajstić information content (AvgIpc) is 2.84. The molecule has 8 heteroatoms. The van der Waals surface area contributed by atoms with Crippen LogP contribution in [0.15, 0.2) is 59.5 Å². The third-order valence-electron chi connectivity index (χ3n) is 3.98. The highest BCUT2D eigenvalue weighted by Crippen LogP contribution is 2.21. The van der Waals surface area contributed by atoms with Crippen LogP contribution in [-0.4, -0.2) is 44.5 Å². The van der Waals surface area contributed by atoms with E-state index in [4.69, 9.17) is 4.74 Å². The van der Waals surface area contributed by atoms with Crippen molar-refractivity contribution in [3.8, 4) is 0 Å². The minimum atomic E-state index is -0.946. The minimum Gasteiger partial charge on any atom is -0.394 e. The number of benzene rings is 1. The Bertz CT molecular complexity index is 849. The van der Waals surface area contributed by atoms with Crippen LogP contribution in [0.2, 0.25) is 0 Å². The first-order chi connectivity index (χ1) is 12.6. The molecular formula is C18H19N3O5. The van der Waals surface area contributed by atoms with Crippen molar-refractivity contribution in [3.63, 3.8) is 0 Å². The number of ether oxygens (including phenoxy) is 1. The van der Waals surface area contributed by atoms with Crippen LogP contribution >= 0.6 is 0 Å². The summed E-state index contributed by atoms with van der Waals surface area (Å²) in [6.45, 7) is -0.380. The van der Waals surface area contributed by atoms with Gasteiger partial charge >= 0.3 is 5.69 Å². The molecular weight excluding hydrogens is 338 g/mol. The quantitative estimate of drug-likeness (QED) is 0.694. The summed E-state index contributed by atoms with van der Waals surface area (Å²) in [4.78, 5) is 28.3. The fraction of sp³-hybridized carbons (Fsp3) is 0.278. The van der Waals surface area contributed by atoms with Gasteiger partial charge in [-0.1, -0.05) is 30.4 Å². The van der Waals surface area contributed by atoms with Gasteiger partial charge in [0.25, 0.3) is 5.91 Å². The van der Waals surface area contributed by atoms with Crippen molar-refractivity contribution in [1.29, 1.82) is 0 Å². The molecule has 1 aliphatic heterocycles. The number of hydrogen-bond donors (Lipinski definition) is 3. The maximum atomic E-state index is 12.3. The second-order valence-electron chi connectivity index (χ2n) is 5.79. The maximum Gasteiger partial charge on any atom is 0.351 e. The largest absolute Gasteiger partial charge is 0.394 e. The molecule has 0 saturated carbocycles. The molecule has 1 amide bonds. The van der Waals surface area contributed by atoms with E-state index in [0.717, 1.165) is 0 Å². The van der Waals surface area contributed by atoms with E-state index in [1.165, 1.54) is 22.9 Å². The lowest BCUT2D eigenvalue weighted by atomic mass is 10.2. The minimum absolute atomic E-state index is 0.128. The van der Waals surface area contributed by atoms with Crippen LogP contribution in [0.25, 0.3) is 0 Å². The number of aromatic nitrogens is 2. The lowest BCUT2D eigenvalue weighted by molar-refractivity contribution is -0.107. The van der Waals surface area contributed by atoms with E-state index in [9.17, 15) is 19.8 Å². The van der Waals surface area contributed by atoms with Crippen LogP contribution in [0.1, 0.15) is 23.0 Å². The Labute approximate surface area is 149 Å². The van der Waals surface area contributed by atoms with Crippen LogP contribution in [0.4, 0.5) is 5.82 Å². The summed E-state index contributed by atoms with van der Waals surface area (Å²) in [7, 11) is 0. The number of anilines is 1. The van der Waals surface area contributed by atoms with E-state index in [-0.39, 0.29) is 18.3 Å². The predicted molar refractivity (Wildman–Crippen MR) is 93.7 cm³/mol. The highest BCUT2D eigenvalue weighted by atomic mass is 16.5. The zero-order valence-electron chi connectivity index (χ0n) is 13.9. The van der Waals surface area contributed by atoms with Crippen LogP contribution in [0.3, 0.4) is 0 Å². The first kappa shape index (κ1) is 18.0. The molecule has 1 aromatic carbocycles. The van der Waals surface area contributed by atoms with Crippen LogP contribution in [0.5, 0.6) is 0 Å². The molecule has 1 aromatic heterocycles. The first-order valence-electron chi connectivity index (χ1n) is 8.15. The summed E-state index contributed by atoms with van der Waals surface area (Å²) in [6, 6.07) is 10.1. The van der Waals surface area contributed by atoms with Crippen molar-refractivity contribution >= 4 is 11.7 Å². The maximum absolute atomic E-state index is 12.3. The molecule has 8 nitrogen and oxygen atoms in total. The number of aliphatic hydroxyl groups is 2. The Morgan fingerprint density at radius 2 is 2.08 bits per heavy atom. The second-order valence-corrected chi connectivity index (χ2v) is 5.79. The topological polar surface area (TPSA) is 114 Å². The highest BCUT2D eigenvalue weighted by Gasteiger charge is 2.25. The van der Waals surface area contributed by atoms with Crippen molar-refractivity contribution in [2.24, 2.45) is 0 Å². The first-order valence-corrected chi connectivity index (χ1v) is 8.15. The second kappa shape index (κ2) is 8.05. The SMILES string of the molecule is O=C(Nc1ccn([C@@H]2CC=C[C@H](O)[C@@H](CO)O2)c(=O)n1)c1ccccc1. The van der Waals surface area contributed by atoms with Crippen molar-refractivity contribution < 1.29 is 19.7 Å². The third-order valence-corrected chi connectivity index (χ3v) is 3.98. The molecule has 3 N–H and O–H groups in total. The monoisotopic (exact) mass is 357 g/mol. The number of carbonyl (C=O) groups excluding carboxylic acids is 1.